The molecule has 1 aliphatic rings. The van der Waals surface area contributed by atoms with Gasteiger partial charge in [-0.05, 0) is 37.8 Å². The van der Waals surface area contributed by atoms with Crippen LogP contribution in [0, 0.1) is 0 Å². The molecule has 1 saturated heterocycles. The van der Waals surface area contributed by atoms with Crippen LogP contribution >= 0.6 is 23.5 Å². The molecule has 0 spiro atoms. The zero-order valence-corrected chi connectivity index (χ0v) is 27.9. The van der Waals surface area contributed by atoms with E-state index in [0.29, 0.717) is 32.2 Å². The highest BCUT2D eigenvalue weighted by Gasteiger charge is 2.48. The summed E-state index contributed by atoms with van der Waals surface area (Å²) in [5.74, 6) is 0.0929. The van der Waals surface area contributed by atoms with Crippen molar-refractivity contribution >= 4 is 40.4 Å². The fourth-order valence-electron chi connectivity index (χ4n) is 4.49. The van der Waals surface area contributed by atoms with Crippen LogP contribution in [-0.2, 0) is 40.8 Å². The quantitative estimate of drug-likeness (QED) is 0.0314. The van der Waals surface area contributed by atoms with Gasteiger partial charge in [0.05, 0.1) is 19.5 Å². The number of azide groups is 1. The van der Waals surface area contributed by atoms with E-state index in [9.17, 15) is 33.5 Å². The van der Waals surface area contributed by atoms with Gasteiger partial charge in [-0.15, -0.1) is 0 Å². The molecule has 0 aromatic carbocycles. The number of phosphoric ester groups is 2. The third-order valence-electron chi connectivity index (χ3n) is 6.67. The molecule has 3 rings (SSSR count). The van der Waals surface area contributed by atoms with Crippen molar-refractivity contribution in [3.05, 3.63) is 23.1 Å². The van der Waals surface area contributed by atoms with E-state index < -0.39 is 54.6 Å². The van der Waals surface area contributed by atoms with Gasteiger partial charge in [0.15, 0.2) is 17.7 Å². The van der Waals surface area contributed by atoms with Crippen molar-refractivity contribution in [2.75, 3.05) is 38.6 Å². The fraction of sp³-hybridized carbons (Fsp3) is 0.773. The Hall–Kier alpha value is -2.09. The molecule has 0 saturated carbocycles. The first kappa shape index (κ1) is 39.3. The second-order valence-corrected chi connectivity index (χ2v) is 14.9. The predicted octanol–water partition coefficient (Wildman–Crippen LogP) is 2.81. The zero-order valence-electron chi connectivity index (χ0n) is 25.2. The molecule has 1 aliphatic heterocycles. The molecule has 0 bridgehead atoms. The van der Waals surface area contributed by atoms with Gasteiger partial charge in [-0.25, -0.2) is 28.6 Å². The molecule has 47 heavy (non-hydrogen) atoms. The highest BCUT2D eigenvalue weighted by Crippen LogP contribution is 2.67. The average Bonchev–Trinajstić information content (AvgIpc) is 3.55. The van der Waals surface area contributed by atoms with Crippen molar-refractivity contribution in [1.82, 2.24) is 19.5 Å². The maximum absolute atomic E-state index is 12.5. The van der Waals surface area contributed by atoms with Crippen molar-refractivity contribution in [2.45, 2.75) is 75.9 Å². The minimum Gasteiger partial charge on any atom is -0.387 e. The highest BCUT2D eigenvalue weighted by atomic mass is 31.3. The standard InChI is InChI=1S/C22H40N9O13P3/c23-9-5-1-3-7-11-39-19-18(32)16(42-22(19)31-15-28-17-20(24)26-14-27-21(17)31)13-41-46(35,36)44-47(37,38)43-45(33,34)40-12-8-4-2-6-10-29-30-25/h14-16,18-19,22,32H,1-13,23H2,(H,33,34)(H,35,36)(H,37,38)(H2,24,26,27)/t16-,18-,19-,22-/m1/s1. The van der Waals surface area contributed by atoms with Crippen molar-refractivity contribution < 1.29 is 60.6 Å². The molecule has 25 heteroatoms. The van der Waals surface area contributed by atoms with E-state index in [1.54, 1.807) is 0 Å². The molecule has 3 heterocycles. The maximum atomic E-state index is 12.5. The largest absolute Gasteiger partial charge is 0.490 e. The second-order valence-electron chi connectivity index (χ2n) is 10.2. The van der Waals surface area contributed by atoms with E-state index in [0.717, 1.165) is 19.3 Å². The number of aliphatic hydroxyl groups excluding tert-OH is 1. The summed E-state index contributed by atoms with van der Waals surface area (Å²) in [4.78, 5) is 44.6. The lowest BCUT2D eigenvalue weighted by Crippen LogP contribution is -2.36. The van der Waals surface area contributed by atoms with Gasteiger partial charge >= 0.3 is 23.5 Å². The number of rotatable bonds is 23. The summed E-state index contributed by atoms with van der Waals surface area (Å²) < 4.78 is 67.8. The van der Waals surface area contributed by atoms with Gasteiger partial charge in [0.2, 0.25) is 0 Å². The summed E-state index contributed by atoms with van der Waals surface area (Å²) in [5, 5.41) is 14.4. The lowest BCUT2D eigenvalue weighted by Gasteiger charge is -2.22. The molecule has 7 atom stereocenters. The Morgan fingerprint density at radius 3 is 2.30 bits per heavy atom. The summed E-state index contributed by atoms with van der Waals surface area (Å²) in [5.41, 5.74) is 20.1. The van der Waals surface area contributed by atoms with Gasteiger partial charge in [0.1, 0.15) is 30.2 Å². The van der Waals surface area contributed by atoms with E-state index in [-0.39, 0.29) is 43.2 Å². The number of unbranched alkanes of at least 4 members (excludes halogenated alkanes) is 6. The molecule has 3 unspecified atom stereocenters. The summed E-state index contributed by atoms with van der Waals surface area (Å²) in [7, 11) is -16.4. The molecular formula is C22H40N9O13P3. The van der Waals surface area contributed by atoms with E-state index in [4.69, 9.17) is 31.0 Å². The normalized spacial score (nSPS) is 23.6. The Balaban J connectivity index is 1.58. The third kappa shape index (κ3) is 12.7. The van der Waals surface area contributed by atoms with E-state index in [1.165, 1.54) is 17.2 Å². The SMILES string of the molecule is [N-]=[N+]=NCCCCCCOP(=O)(O)OP(=O)(O)OP(=O)(O)OC[C@H]1O[C@@H](n2cnc3c(N)ncnc32)[C@H](OCCCCCCN)[C@@H]1O. The Kier molecular flexibility index (Phi) is 15.6. The number of nitrogen functional groups attached to an aromatic ring is 1. The Bertz CT molecular complexity index is 1480. The van der Waals surface area contributed by atoms with Gasteiger partial charge in [-0.2, -0.15) is 8.62 Å². The maximum Gasteiger partial charge on any atom is 0.490 e. The number of imidazole rings is 1. The van der Waals surface area contributed by atoms with Crippen LogP contribution in [0.4, 0.5) is 5.82 Å². The van der Waals surface area contributed by atoms with Crippen molar-refractivity contribution in [2.24, 2.45) is 10.8 Å². The van der Waals surface area contributed by atoms with Gasteiger partial charge in [-0.3, -0.25) is 13.6 Å². The van der Waals surface area contributed by atoms with Crippen LogP contribution < -0.4 is 11.5 Å². The molecule has 8 N–H and O–H groups in total. The number of hydrogen-bond acceptors (Lipinski definition) is 16. The topological polar surface area (TPSA) is 332 Å². The number of ether oxygens (including phenoxy) is 2. The monoisotopic (exact) mass is 731 g/mol. The molecule has 1 fully saturated rings. The number of phosphoric acid groups is 3. The lowest BCUT2D eigenvalue weighted by atomic mass is 10.1. The van der Waals surface area contributed by atoms with Crippen molar-refractivity contribution in [1.29, 1.82) is 0 Å². The number of hydrogen-bond donors (Lipinski definition) is 6. The Morgan fingerprint density at radius 1 is 0.936 bits per heavy atom. The van der Waals surface area contributed by atoms with Crippen molar-refractivity contribution in [3.63, 3.8) is 0 Å². The molecule has 2 aromatic heterocycles. The smallest absolute Gasteiger partial charge is 0.387 e. The van der Waals surface area contributed by atoms with Gasteiger partial charge < -0.3 is 40.7 Å². The van der Waals surface area contributed by atoms with Crippen LogP contribution in [0.2, 0.25) is 0 Å². The second kappa shape index (κ2) is 18.6. The highest BCUT2D eigenvalue weighted by molar-refractivity contribution is 7.66. The number of fused-ring (bicyclic) bond motifs is 1. The summed E-state index contributed by atoms with van der Waals surface area (Å²) >= 11 is 0. The first-order chi connectivity index (χ1) is 22.3. The molecule has 22 nitrogen and oxygen atoms in total. The van der Waals surface area contributed by atoms with E-state index >= 15 is 0 Å². The third-order valence-corrected chi connectivity index (χ3v) is 11.0. The predicted molar refractivity (Wildman–Crippen MR) is 163 cm³/mol. The number of nitrogens with two attached hydrogens (primary N) is 2. The van der Waals surface area contributed by atoms with Crippen LogP contribution in [0.25, 0.3) is 21.6 Å². The summed E-state index contributed by atoms with van der Waals surface area (Å²) in [6.45, 7) is -0.153. The lowest BCUT2D eigenvalue weighted by molar-refractivity contribution is -0.0708. The first-order valence-electron chi connectivity index (χ1n) is 14.6. The molecule has 266 valence electrons. The van der Waals surface area contributed by atoms with Crippen LogP contribution in [0.15, 0.2) is 17.8 Å². The number of nitrogens with zero attached hydrogens (tertiary/aromatic N) is 7. The van der Waals surface area contributed by atoms with Crippen LogP contribution in [0.3, 0.4) is 0 Å². The van der Waals surface area contributed by atoms with Gasteiger partial charge in [-0.1, -0.05) is 30.8 Å². The molecule has 0 amide bonds. The Labute approximate surface area is 269 Å². The average molecular weight is 732 g/mol. The first-order valence-corrected chi connectivity index (χ1v) is 19.1. The molecule has 0 radical (unpaired) electrons. The molecule has 0 aliphatic carbocycles. The van der Waals surface area contributed by atoms with Crippen LogP contribution in [0.5, 0.6) is 0 Å². The zero-order chi connectivity index (χ0) is 34.5. The Morgan fingerprint density at radius 2 is 1.60 bits per heavy atom. The van der Waals surface area contributed by atoms with Crippen LogP contribution in [-0.4, -0.2) is 90.5 Å². The number of aromatic nitrogens is 4. The van der Waals surface area contributed by atoms with Crippen molar-refractivity contribution in [3.8, 4) is 0 Å². The molecule has 2 aromatic rings. The summed E-state index contributed by atoms with van der Waals surface area (Å²) in [6, 6.07) is 0. The number of aliphatic hydroxyl groups is 1. The van der Waals surface area contributed by atoms with E-state index in [2.05, 4.69) is 38.1 Å². The number of anilines is 1. The summed E-state index contributed by atoms with van der Waals surface area (Å²) in [6.07, 6.45) is 2.78. The van der Waals surface area contributed by atoms with E-state index in [1.807, 2.05) is 0 Å². The molecular weight excluding hydrogens is 691 g/mol. The van der Waals surface area contributed by atoms with Gasteiger partial charge in [0, 0.05) is 18.1 Å². The fourth-order valence-corrected chi connectivity index (χ4v) is 8.03. The minimum atomic E-state index is -5.71. The minimum absolute atomic E-state index is 0.0929. The van der Waals surface area contributed by atoms with Crippen LogP contribution in [0.1, 0.15) is 57.6 Å². The van der Waals surface area contributed by atoms with Gasteiger partial charge in [0.25, 0.3) is 0 Å².